The molecule has 0 aliphatic rings. The average Bonchev–Trinajstić information content (AvgIpc) is 2.21. The zero-order chi connectivity index (χ0) is 12.6. The molecule has 0 saturated carbocycles. The van der Waals surface area contributed by atoms with E-state index in [0.717, 1.165) is 11.0 Å². The van der Waals surface area contributed by atoms with Crippen LogP contribution in [0.4, 0.5) is 0 Å². The van der Waals surface area contributed by atoms with Crippen molar-refractivity contribution in [2.45, 2.75) is 46.0 Å². The molecule has 0 rings (SSSR count). The van der Waals surface area contributed by atoms with Crippen molar-refractivity contribution < 1.29 is 9.28 Å². The van der Waals surface area contributed by atoms with E-state index in [2.05, 4.69) is 27.6 Å². The van der Waals surface area contributed by atoms with Gasteiger partial charge < -0.3 is 4.48 Å². The molecule has 0 spiro atoms. The lowest BCUT2D eigenvalue weighted by Crippen LogP contribution is -2.42. The molecule has 2 nitrogen and oxygen atoms in total. The summed E-state index contributed by atoms with van der Waals surface area (Å²) in [6.45, 7) is 9.81. The van der Waals surface area contributed by atoms with E-state index in [4.69, 9.17) is 0 Å². The van der Waals surface area contributed by atoms with Gasteiger partial charge >= 0.3 is 0 Å². The molecule has 0 radical (unpaired) electrons. The quantitative estimate of drug-likeness (QED) is 0.335. The monoisotopic (exact) mass is 226 g/mol. The molecule has 0 bridgehead atoms. The van der Waals surface area contributed by atoms with Crippen molar-refractivity contribution in [3.63, 3.8) is 0 Å². The van der Waals surface area contributed by atoms with Crippen LogP contribution in [0, 0.1) is 0 Å². The molecule has 0 N–H and O–H groups in total. The summed E-state index contributed by atoms with van der Waals surface area (Å²) in [5.41, 5.74) is 0.686. The Morgan fingerprint density at radius 2 is 1.75 bits per heavy atom. The minimum Gasteiger partial charge on any atom is -0.328 e. The molecule has 0 aliphatic heterocycles. The number of quaternary nitrogens is 1. The Hall–Kier alpha value is -0.630. The average molecular weight is 226 g/mol. The highest BCUT2D eigenvalue weighted by atomic mass is 16.1. The van der Waals surface area contributed by atoms with Gasteiger partial charge in [0.15, 0.2) is 5.78 Å². The Balaban J connectivity index is 3.77. The standard InChI is InChI=1S/C14H28NO/c1-6-7-8-9-11-15(4,5)12-10-14(16)13(2)3/h2,6-12H2,1,3-5H3/q+1. The third-order valence-corrected chi connectivity index (χ3v) is 3.04. The molecule has 94 valence electrons. The van der Waals surface area contributed by atoms with E-state index in [0.29, 0.717) is 12.0 Å². The molecular weight excluding hydrogens is 198 g/mol. The van der Waals surface area contributed by atoms with Crippen molar-refractivity contribution >= 4 is 5.78 Å². The summed E-state index contributed by atoms with van der Waals surface area (Å²) in [6.07, 6.45) is 5.82. The number of nitrogens with zero attached hydrogens (tertiary/aromatic N) is 1. The van der Waals surface area contributed by atoms with Crippen LogP contribution in [0.5, 0.6) is 0 Å². The van der Waals surface area contributed by atoms with E-state index < -0.39 is 0 Å². The number of carbonyl (C=O) groups is 1. The fourth-order valence-electron chi connectivity index (χ4n) is 1.70. The smallest absolute Gasteiger partial charge is 0.163 e. The van der Waals surface area contributed by atoms with E-state index in [1.165, 1.54) is 32.2 Å². The summed E-state index contributed by atoms with van der Waals surface area (Å²) in [5, 5.41) is 0. The van der Waals surface area contributed by atoms with Gasteiger partial charge in [0.2, 0.25) is 0 Å². The zero-order valence-corrected chi connectivity index (χ0v) is 11.5. The van der Waals surface area contributed by atoms with Crippen LogP contribution >= 0.6 is 0 Å². The molecule has 0 aliphatic carbocycles. The molecule has 0 atom stereocenters. The second-order valence-electron chi connectivity index (χ2n) is 5.40. The minimum atomic E-state index is 0.208. The van der Waals surface area contributed by atoms with Crippen molar-refractivity contribution in [2.75, 3.05) is 27.2 Å². The van der Waals surface area contributed by atoms with E-state index >= 15 is 0 Å². The summed E-state index contributed by atoms with van der Waals surface area (Å²) in [7, 11) is 4.41. The van der Waals surface area contributed by atoms with Gasteiger partial charge in [-0.2, -0.15) is 0 Å². The van der Waals surface area contributed by atoms with Crippen molar-refractivity contribution in [1.29, 1.82) is 0 Å². The highest BCUT2D eigenvalue weighted by Crippen LogP contribution is 2.07. The summed E-state index contributed by atoms with van der Waals surface area (Å²) in [4.78, 5) is 11.5. The van der Waals surface area contributed by atoms with Crippen LogP contribution in [-0.4, -0.2) is 37.5 Å². The lowest BCUT2D eigenvalue weighted by Gasteiger charge is -2.29. The Morgan fingerprint density at radius 3 is 2.25 bits per heavy atom. The van der Waals surface area contributed by atoms with Crippen molar-refractivity contribution in [2.24, 2.45) is 0 Å². The second kappa shape index (κ2) is 7.61. The van der Waals surface area contributed by atoms with Crippen LogP contribution in [0.1, 0.15) is 46.0 Å². The highest BCUT2D eigenvalue weighted by Gasteiger charge is 2.16. The van der Waals surface area contributed by atoms with Crippen molar-refractivity contribution in [3.8, 4) is 0 Å². The Labute approximate surface area is 101 Å². The largest absolute Gasteiger partial charge is 0.328 e. The fourth-order valence-corrected chi connectivity index (χ4v) is 1.70. The number of carbonyl (C=O) groups excluding carboxylic acids is 1. The number of hydrogen-bond donors (Lipinski definition) is 0. The number of unbranched alkanes of at least 4 members (excludes halogenated alkanes) is 3. The van der Waals surface area contributed by atoms with Crippen LogP contribution < -0.4 is 0 Å². The summed E-state index contributed by atoms with van der Waals surface area (Å²) >= 11 is 0. The first kappa shape index (κ1) is 15.4. The van der Waals surface area contributed by atoms with Gasteiger partial charge in [0.1, 0.15) is 0 Å². The number of hydrogen-bond acceptors (Lipinski definition) is 1. The molecule has 16 heavy (non-hydrogen) atoms. The molecule has 0 amide bonds. The molecule has 2 heteroatoms. The van der Waals surface area contributed by atoms with E-state index in [9.17, 15) is 4.79 Å². The summed E-state index contributed by atoms with van der Waals surface area (Å²) in [6, 6.07) is 0. The number of Topliss-reactive ketones (excluding diaryl/α,β-unsaturated/α-hetero) is 1. The molecule has 0 saturated heterocycles. The van der Waals surface area contributed by atoms with E-state index in [1.807, 2.05) is 0 Å². The number of allylic oxidation sites excluding steroid dienone is 1. The molecule has 0 heterocycles. The lowest BCUT2D eigenvalue weighted by molar-refractivity contribution is -0.889. The van der Waals surface area contributed by atoms with Gasteiger partial charge in [0, 0.05) is 0 Å². The predicted molar refractivity (Wildman–Crippen MR) is 70.4 cm³/mol. The summed E-state index contributed by atoms with van der Waals surface area (Å²) in [5.74, 6) is 0.208. The molecular formula is C14H28NO+. The predicted octanol–water partition coefficient (Wildman–Crippen LogP) is 3.18. The van der Waals surface area contributed by atoms with Gasteiger partial charge in [-0.3, -0.25) is 4.79 Å². The first-order chi connectivity index (χ1) is 7.39. The first-order valence-electron chi connectivity index (χ1n) is 6.40. The van der Waals surface area contributed by atoms with E-state index in [1.54, 1.807) is 6.92 Å². The minimum absolute atomic E-state index is 0.208. The Morgan fingerprint density at radius 1 is 1.12 bits per heavy atom. The van der Waals surface area contributed by atoms with Crippen LogP contribution in [0.2, 0.25) is 0 Å². The second-order valence-corrected chi connectivity index (χ2v) is 5.40. The lowest BCUT2D eigenvalue weighted by atomic mass is 10.1. The topological polar surface area (TPSA) is 17.1 Å². The van der Waals surface area contributed by atoms with Gasteiger partial charge in [-0.25, -0.2) is 0 Å². The molecule has 0 fully saturated rings. The van der Waals surface area contributed by atoms with Gasteiger partial charge in [-0.15, -0.1) is 0 Å². The van der Waals surface area contributed by atoms with Gasteiger partial charge in [0.05, 0.1) is 33.6 Å². The molecule has 0 aromatic rings. The molecule has 0 aromatic heterocycles. The van der Waals surface area contributed by atoms with Crippen LogP contribution in [0.15, 0.2) is 12.2 Å². The maximum atomic E-state index is 11.5. The third kappa shape index (κ3) is 7.63. The van der Waals surface area contributed by atoms with Gasteiger partial charge in [-0.05, 0) is 25.3 Å². The molecule has 0 unspecified atom stereocenters. The Kier molecular flexibility index (Phi) is 7.31. The third-order valence-electron chi connectivity index (χ3n) is 3.04. The van der Waals surface area contributed by atoms with Crippen LogP contribution in [-0.2, 0) is 4.79 Å². The van der Waals surface area contributed by atoms with Gasteiger partial charge in [0.25, 0.3) is 0 Å². The fraction of sp³-hybridized carbons (Fsp3) is 0.786. The van der Waals surface area contributed by atoms with Gasteiger partial charge in [-0.1, -0.05) is 26.3 Å². The maximum absolute atomic E-state index is 11.5. The highest BCUT2D eigenvalue weighted by molar-refractivity contribution is 5.94. The van der Waals surface area contributed by atoms with Crippen molar-refractivity contribution in [3.05, 3.63) is 12.2 Å². The van der Waals surface area contributed by atoms with Crippen LogP contribution in [0.25, 0.3) is 0 Å². The zero-order valence-electron chi connectivity index (χ0n) is 11.5. The summed E-state index contributed by atoms with van der Waals surface area (Å²) < 4.78 is 0.947. The van der Waals surface area contributed by atoms with E-state index in [-0.39, 0.29) is 5.78 Å². The molecule has 0 aromatic carbocycles. The Bertz CT molecular complexity index is 231. The SMILES string of the molecule is C=C(C)C(=O)CC[N+](C)(C)CCCCCC. The first-order valence-corrected chi connectivity index (χ1v) is 6.40. The maximum Gasteiger partial charge on any atom is 0.163 e. The number of ketones is 1. The van der Waals surface area contributed by atoms with Crippen molar-refractivity contribution in [1.82, 2.24) is 0 Å². The van der Waals surface area contributed by atoms with Crippen LogP contribution in [0.3, 0.4) is 0 Å². The normalized spacial score (nSPS) is 11.5. The number of rotatable bonds is 9.